The maximum atomic E-state index is 9.00. The molecular formula is C6H12OS. The molecule has 0 amide bonds. The van der Waals surface area contributed by atoms with Gasteiger partial charge in [-0.2, -0.15) is 11.8 Å². The zero-order valence-corrected chi connectivity index (χ0v) is 6.11. The molecule has 1 aliphatic rings. The quantitative estimate of drug-likeness (QED) is 0.577. The molecule has 0 unspecified atom stereocenters. The average Bonchev–Trinajstić information content (AvgIpc) is 1.81. The van der Waals surface area contributed by atoms with Gasteiger partial charge in [-0.1, -0.05) is 6.92 Å². The first-order valence-electron chi connectivity index (χ1n) is 2.96. The van der Waals surface area contributed by atoms with Crippen LogP contribution in [0, 0.1) is 5.92 Å². The molecule has 0 aromatic rings. The Labute approximate surface area is 54.5 Å². The van der Waals surface area contributed by atoms with Gasteiger partial charge in [-0.15, -0.1) is 0 Å². The summed E-state index contributed by atoms with van der Waals surface area (Å²) in [6.45, 7) is 2.11. The maximum absolute atomic E-state index is 9.00. The Morgan fingerprint density at radius 2 is 2.25 bits per heavy atom. The summed E-state index contributed by atoms with van der Waals surface area (Å²) in [6, 6.07) is 0. The summed E-state index contributed by atoms with van der Waals surface area (Å²) in [4.78, 5) is 0. The van der Waals surface area contributed by atoms with Gasteiger partial charge in [0.15, 0.2) is 0 Å². The molecule has 1 nitrogen and oxygen atoms in total. The van der Waals surface area contributed by atoms with Crippen LogP contribution in [0.2, 0.25) is 0 Å². The minimum atomic E-state index is -0.00699. The van der Waals surface area contributed by atoms with E-state index in [1.807, 2.05) is 11.8 Å². The van der Waals surface area contributed by atoms with Gasteiger partial charge < -0.3 is 5.11 Å². The van der Waals surface area contributed by atoms with Crippen molar-refractivity contribution in [2.45, 2.75) is 24.7 Å². The number of aliphatic hydroxyl groups excluding tert-OH is 1. The van der Waals surface area contributed by atoms with Crippen molar-refractivity contribution in [3.05, 3.63) is 0 Å². The molecule has 8 heavy (non-hydrogen) atoms. The third-order valence-electron chi connectivity index (χ3n) is 1.97. The van der Waals surface area contributed by atoms with E-state index in [1.54, 1.807) is 0 Å². The number of rotatable bonds is 1. The summed E-state index contributed by atoms with van der Waals surface area (Å²) in [5.41, 5.74) is 0. The van der Waals surface area contributed by atoms with Crippen molar-refractivity contribution in [3.8, 4) is 0 Å². The third-order valence-corrected chi connectivity index (χ3v) is 3.20. The van der Waals surface area contributed by atoms with Crippen molar-refractivity contribution in [3.63, 3.8) is 0 Å². The molecule has 1 aliphatic carbocycles. The molecule has 1 rings (SSSR count). The van der Waals surface area contributed by atoms with Gasteiger partial charge in [-0.05, 0) is 18.6 Å². The van der Waals surface area contributed by atoms with Crippen LogP contribution >= 0.6 is 11.8 Å². The van der Waals surface area contributed by atoms with Crippen LogP contribution in [0.4, 0.5) is 0 Å². The van der Waals surface area contributed by atoms with Crippen LogP contribution in [0.25, 0.3) is 0 Å². The number of thioether (sulfide) groups is 1. The van der Waals surface area contributed by atoms with E-state index in [1.165, 1.54) is 0 Å². The van der Waals surface area contributed by atoms with Crippen LogP contribution in [0.3, 0.4) is 0 Å². The lowest BCUT2D eigenvalue weighted by Crippen LogP contribution is -2.41. The molecule has 2 heteroatoms. The highest BCUT2D eigenvalue weighted by Crippen LogP contribution is 2.35. The Bertz CT molecular complexity index is 84.6. The minimum Gasteiger partial charge on any atom is -0.393 e. The lowest BCUT2D eigenvalue weighted by Gasteiger charge is -2.37. The molecule has 0 aromatic heterocycles. The summed E-state index contributed by atoms with van der Waals surface area (Å²) in [5.74, 6) is 0.532. The van der Waals surface area contributed by atoms with Crippen molar-refractivity contribution >= 4 is 11.8 Å². The molecule has 0 saturated heterocycles. The summed E-state index contributed by atoms with van der Waals surface area (Å²) in [5, 5.41) is 9.73. The number of hydrogen-bond acceptors (Lipinski definition) is 2. The lowest BCUT2D eigenvalue weighted by molar-refractivity contribution is 0.0417. The first-order valence-corrected chi connectivity index (χ1v) is 4.25. The molecule has 0 aliphatic heterocycles. The second-order valence-electron chi connectivity index (χ2n) is 2.44. The van der Waals surface area contributed by atoms with Gasteiger partial charge >= 0.3 is 0 Å². The summed E-state index contributed by atoms with van der Waals surface area (Å²) in [6.07, 6.45) is 3.10. The average molecular weight is 132 g/mol. The standard InChI is InChI=1S/C6H12OS/c1-4-5(7)3-6(4)8-2/h4-7H,3H2,1-2H3/t4-,5+,6-/m1/s1. The van der Waals surface area contributed by atoms with Crippen molar-refractivity contribution in [2.75, 3.05) is 6.26 Å². The van der Waals surface area contributed by atoms with Gasteiger partial charge in [0.25, 0.3) is 0 Å². The largest absolute Gasteiger partial charge is 0.393 e. The fourth-order valence-corrected chi connectivity index (χ4v) is 2.03. The van der Waals surface area contributed by atoms with Gasteiger partial charge in [0.1, 0.15) is 0 Å². The van der Waals surface area contributed by atoms with E-state index in [0.717, 1.165) is 11.7 Å². The Hall–Kier alpha value is 0.310. The van der Waals surface area contributed by atoms with Gasteiger partial charge in [-0.3, -0.25) is 0 Å². The molecule has 1 saturated carbocycles. The van der Waals surface area contributed by atoms with Gasteiger partial charge in [-0.25, -0.2) is 0 Å². The van der Waals surface area contributed by atoms with E-state index in [0.29, 0.717) is 5.92 Å². The van der Waals surface area contributed by atoms with Crippen molar-refractivity contribution in [2.24, 2.45) is 5.92 Å². The summed E-state index contributed by atoms with van der Waals surface area (Å²) < 4.78 is 0. The van der Waals surface area contributed by atoms with E-state index in [9.17, 15) is 0 Å². The van der Waals surface area contributed by atoms with E-state index in [-0.39, 0.29) is 6.10 Å². The van der Waals surface area contributed by atoms with Gasteiger partial charge in [0.2, 0.25) is 0 Å². The molecular weight excluding hydrogens is 120 g/mol. The van der Waals surface area contributed by atoms with E-state index < -0.39 is 0 Å². The summed E-state index contributed by atoms with van der Waals surface area (Å²) in [7, 11) is 0. The Balaban J connectivity index is 2.25. The Morgan fingerprint density at radius 1 is 1.62 bits per heavy atom. The molecule has 3 atom stereocenters. The van der Waals surface area contributed by atoms with E-state index >= 15 is 0 Å². The van der Waals surface area contributed by atoms with E-state index in [4.69, 9.17) is 5.11 Å². The number of aliphatic hydroxyl groups is 1. The number of hydrogen-bond donors (Lipinski definition) is 1. The van der Waals surface area contributed by atoms with Crippen LogP contribution in [-0.2, 0) is 0 Å². The van der Waals surface area contributed by atoms with Gasteiger partial charge in [0, 0.05) is 5.25 Å². The highest BCUT2D eigenvalue weighted by Gasteiger charge is 2.35. The zero-order chi connectivity index (χ0) is 6.15. The minimum absolute atomic E-state index is 0.00699. The van der Waals surface area contributed by atoms with Crippen molar-refractivity contribution in [1.29, 1.82) is 0 Å². The smallest absolute Gasteiger partial charge is 0.0587 e. The Kier molecular flexibility index (Phi) is 1.83. The van der Waals surface area contributed by atoms with Gasteiger partial charge in [0.05, 0.1) is 6.10 Å². The third kappa shape index (κ3) is 0.869. The first kappa shape index (κ1) is 6.43. The molecule has 0 aromatic carbocycles. The predicted octanol–water partition coefficient (Wildman–Crippen LogP) is 1.12. The lowest BCUT2D eigenvalue weighted by atomic mass is 9.83. The predicted molar refractivity (Wildman–Crippen MR) is 37.1 cm³/mol. The molecule has 0 bridgehead atoms. The second kappa shape index (κ2) is 2.28. The zero-order valence-electron chi connectivity index (χ0n) is 5.29. The van der Waals surface area contributed by atoms with Crippen LogP contribution in [0.1, 0.15) is 13.3 Å². The fraction of sp³-hybridized carbons (Fsp3) is 1.00. The molecule has 1 N–H and O–H groups in total. The van der Waals surface area contributed by atoms with Crippen molar-refractivity contribution < 1.29 is 5.11 Å². The molecule has 1 fully saturated rings. The topological polar surface area (TPSA) is 20.2 Å². The summed E-state index contributed by atoms with van der Waals surface area (Å²) >= 11 is 1.86. The second-order valence-corrected chi connectivity index (χ2v) is 3.51. The SMILES string of the molecule is CS[C@@H]1C[C@H](O)[C@H]1C. The van der Waals surface area contributed by atoms with Crippen LogP contribution < -0.4 is 0 Å². The molecule has 0 radical (unpaired) electrons. The van der Waals surface area contributed by atoms with Crippen LogP contribution in [-0.4, -0.2) is 22.7 Å². The van der Waals surface area contributed by atoms with Crippen molar-refractivity contribution in [1.82, 2.24) is 0 Å². The highest BCUT2D eigenvalue weighted by molar-refractivity contribution is 7.99. The maximum Gasteiger partial charge on any atom is 0.0587 e. The highest BCUT2D eigenvalue weighted by atomic mass is 32.2. The molecule has 0 heterocycles. The molecule has 0 spiro atoms. The Morgan fingerprint density at radius 3 is 2.38 bits per heavy atom. The fourth-order valence-electron chi connectivity index (χ4n) is 1.03. The van der Waals surface area contributed by atoms with E-state index in [2.05, 4.69) is 13.2 Å². The van der Waals surface area contributed by atoms with Crippen LogP contribution in [0.5, 0.6) is 0 Å². The normalized spacial score (nSPS) is 46.1. The molecule has 48 valence electrons. The first-order chi connectivity index (χ1) is 3.75. The monoisotopic (exact) mass is 132 g/mol. The van der Waals surface area contributed by atoms with Crippen LogP contribution in [0.15, 0.2) is 0 Å².